The molecule has 0 aliphatic rings. The zero-order chi connectivity index (χ0) is 30.4. The number of hydrogen-bond donors (Lipinski definition) is 6. The fourth-order valence-corrected chi connectivity index (χ4v) is 3.72. The van der Waals surface area contributed by atoms with Gasteiger partial charge >= 0.3 is 23.9 Å². The summed E-state index contributed by atoms with van der Waals surface area (Å²) in [4.78, 5) is 72.6. The number of carbonyl (C=O) groups excluding carboxylic acids is 3. The molecule has 0 aliphatic carbocycles. The Kier molecular flexibility index (Phi) is 12.7. The number of urea groups is 1. The van der Waals surface area contributed by atoms with Gasteiger partial charge in [0.25, 0.3) is 5.91 Å². The molecule has 0 saturated heterocycles. The third-order valence-corrected chi connectivity index (χ3v) is 5.83. The molecule has 41 heavy (non-hydrogen) atoms. The van der Waals surface area contributed by atoms with Crippen molar-refractivity contribution in [3.63, 3.8) is 0 Å². The van der Waals surface area contributed by atoms with E-state index in [1.54, 1.807) is 30.3 Å². The van der Waals surface area contributed by atoms with Crippen LogP contribution in [0, 0.1) is 5.82 Å². The summed E-state index contributed by atoms with van der Waals surface area (Å²) in [6.45, 7) is 0.161. The van der Waals surface area contributed by atoms with Crippen molar-refractivity contribution < 1.29 is 48.5 Å². The maximum absolute atomic E-state index is 13.1. The van der Waals surface area contributed by atoms with Crippen molar-refractivity contribution in [1.29, 1.82) is 0 Å². The maximum atomic E-state index is 13.1. The molecule has 2 aromatic rings. The molecule has 2 atom stereocenters. The zero-order valence-electron chi connectivity index (χ0n) is 21.9. The maximum Gasteiger partial charge on any atom is 0.326 e. The second kappa shape index (κ2) is 16.2. The standard InChI is InChI=1S/C27H31FN4O9/c28-18-11-9-17(10-12-18)24(36)29-15-16-32(19-5-2-1-3-6-19)22(33)8-4-7-20(25(37)38)30-27(41)31-21(26(39)40)13-14-23(34)35/h1-3,5-6,9-12,20-21H,4,7-8,13-16H2,(H,29,36)(H,34,35)(H,37,38)(H,39,40)(H2,30,31,41)/t20-,21-/m0/s1. The van der Waals surface area contributed by atoms with Gasteiger partial charge in [0.15, 0.2) is 0 Å². The summed E-state index contributed by atoms with van der Waals surface area (Å²) in [6, 6.07) is 9.45. The summed E-state index contributed by atoms with van der Waals surface area (Å²) in [6.07, 6.45) is -1.14. The van der Waals surface area contributed by atoms with Crippen molar-refractivity contribution in [2.24, 2.45) is 0 Å². The van der Waals surface area contributed by atoms with E-state index < -0.39 is 60.6 Å². The van der Waals surface area contributed by atoms with Crippen molar-refractivity contribution in [3.8, 4) is 0 Å². The number of halogens is 1. The predicted molar refractivity (Wildman–Crippen MR) is 143 cm³/mol. The van der Waals surface area contributed by atoms with E-state index in [0.29, 0.717) is 5.69 Å². The molecule has 0 fully saturated rings. The number of hydrogen-bond acceptors (Lipinski definition) is 6. The van der Waals surface area contributed by atoms with Crippen LogP contribution in [-0.4, -0.2) is 76.2 Å². The number of para-hydroxylation sites is 1. The summed E-state index contributed by atoms with van der Waals surface area (Å²) < 4.78 is 13.1. The Bertz CT molecular complexity index is 1230. The molecule has 0 spiro atoms. The van der Waals surface area contributed by atoms with Crippen LogP contribution in [0.25, 0.3) is 0 Å². The van der Waals surface area contributed by atoms with Gasteiger partial charge in [0.1, 0.15) is 17.9 Å². The van der Waals surface area contributed by atoms with Crippen LogP contribution in [0.15, 0.2) is 54.6 Å². The van der Waals surface area contributed by atoms with Crippen LogP contribution in [0.4, 0.5) is 14.9 Å². The van der Waals surface area contributed by atoms with Gasteiger partial charge in [-0.1, -0.05) is 18.2 Å². The fourth-order valence-electron chi connectivity index (χ4n) is 3.72. The van der Waals surface area contributed by atoms with Gasteiger partial charge in [-0.3, -0.25) is 14.4 Å². The zero-order valence-corrected chi connectivity index (χ0v) is 21.9. The third kappa shape index (κ3) is 11.3. The Morgan fingerprint density at radius 1 is 0.780 bits per heavy atom. The molecule has 0 unspecified atom stereocenters. The van der Waals surface area contributed by atoms with E-state index >= 15 is 0 Å². The van der Waals surface area contributed by atoms with E-state index in [1.165, 1.54) is 17.0 Å². The lowest BCUT2D eigenvalue weighted by atomic mass is 10.1. The van der Waals surface area contributed by atoms with Crippen molar-refractivity contribution in [2.45, 2.75) is 44.2 Å². The summed E-state index contributed by atoms with van der Waals surface area (Å²) in [5, 5.41) is 34.2. The molecule has 0 aliphatic heterocycles. The molecular weight excluding hydrogens is 543 g/mol. The van der Waals surface area contributed by atoms with Gasteiger partial charge in [0.05, 0.1) is 0 Å². The van der Waals surface area contributed by atoms with E-state index in [0.717, 1.165) is 12.1 Å². The van der Waals surface area contributed by atoms with E-state index in [4.69, 9.17) is 10.2 Å². The van der Waals surface area contributed by atoms with E-state index in [-0.39, 0.29) is 43.8 Å². The number of anilines is 1. The summed E-state index contributed by atoms with van der Waals surface area (Å²) >= 11 is 0. The van der Waals surface area contributed by atoms with Gasteiger partial charge in [-0.2, -0.15) is 0 Å². The highest BCUT2D eigenvalue weighted by molar-refractivity contribution is 5.95. The Morgan fingerprint density at radius 3 is 1.93 bits per heavy atom. The minimum absolute atomic E-state index is 0.0444. The van der Waals surface area contributed by atoms with Gasteiger partial charge in [-0.05, 0) is 55.7 Å². The molecule has 13 nitrogen and oxygen atoms in total. The Hall–Kier alpha value is -5.01. The lowest BCUT2D eigenvalue weighted by Gasteiger charge is -2.24. The minimum atomic E-state index is -1.54. The fraction of sp³-hybridized carbons (Fsp3) is 0.333. The highest BCUT2D eigenvalue weighted by Crippen LogP contribution is 2.16. The smallest absolute Gasteiger partial charge is 0.326 e. The van der Waals surface area contributed by atoms with Gasteiger partial charge in [-0.25, -0.2) is 18.8 Å². The Morgan fingerprint density at radius 2 is 1.37 bits per heavy atom. The van der Waals surface area contributed by atoms with E-state index in [1.807, 2.05) is 5.32 Å². The lowest BCUT2D eigenvalue weighted by molar-refractivity contribution is -0.140. The molecule has 0 aromatic heterocycles. The molecule has 0 bridgehead atoms. The van der Waals surface area contributed by atoms with Crippen LogP contribution in [0.1, 0.15) is 42.5 Å². The van der Waals surface area contributed by atoms with E-state index in [9.17, 15) is 38.3 Å². The van der Waals surface area contributed by atoms with Crippen molar-refractivity contribution in [1.82, 2.24) is 16.0 Å². The van der Waals surface area contributed by atoms with Crippen LogP contribution < -0.4 is 20.9 Å². The molecule has 14 heteroatoms. The molecule has 2 aromatic carbocycles. The number of nitrogens with zero attached hydrogens (tertiary/aromatic N) is 1. The summed E-state index contributed by atoms with van der Waals surface area (Å²) in [7, 11) is 0. The summed E-state index contributed by atoms with van der Waals surface area (Å²) in [5.41, 5.74) is 0.790. The number of nitrogens with one attached hydrogen (secondary N) is 3. The second-order valence-electron chi connectivity index (χ2n) is 8.87. The summed E-state index contributed by atoms with van der Waals surface area (Å²) in [5.74, 6) is -5.45. The first kappa shape index (κ1) is 32.2. The van der Waals surface area contributed by atoms with Gasteiger partial charge < -0.3 is 36.2 Å². The Labute approximate surface area is 234 Å². The molecular formula is C27H31FN4O9. The molecule has 2 rings (SSSR count). The van der Waals surface area contributed by atoms with Crippen molar-refractivity contribution >= 4 is 41.4 Å². The quantitative estimate of drug-likeness (QED) is 0.173. The number of rotatable bonds is 16. The SMILES string of the molecule is O=C(O)CC[C@H](NC(=O)N[C@@H](CCCC(=O)N(CCNC(=O)c1ccc(F)cc1)c1ccccc1)C(=O)O)C(=O)O. The monoisotopic (exact) mass is 574 g/mol. The van der Waals surface area contributed by atoms with Crippen molar-refractivity contribution in [2.75, 3.05) is 18.0 Å². The predicted octanol–water partition coefficient (Wildman–Crippen LogP) is 1.83. The molecule has 0 heterocycles. The van der Waals surface area contributed by atoms with Crippen LogP contribution in [0.3, 0.4) is 0 Å². The van der Waals surface area contributed by atoms with Crippen LogP contribution in [0.2, 0.25) is 0 Å². The number of carboxylic acid groups (broad SMARTS) is 3. The first-order chi connectivity index (χ1) is 19.5. The van der Waals surface area contributed by atoms with Gasteiger partial charge in [0, 0.05) is 37.2 Å². The Balaban J connectivity index is 1.94. The van der Waals surface area contributed by atoms with Crippen LogP contribution in [-0.2, 0) is 19.2 Å². The number of benzene rings is 2. The highest BCUT2D eigenvalue weighted by atomic mass is 19.1. The molecule has 4 amide bonds. The largest absolute Gasteiger partial charge is 0.481 e. The topological polar surface area (TPSA) is 202 Å². The average Bonchev–Trinajstić information content (AvgIpc) is 2.93. The second-order valence-corrected chi connectivity index (χ2v) is 8.87. The first-order valence-corrected chi connectivity index (χ1v) is 12.6. The molecule has 6 N–H and O–H groups in total. The lowest BCUT2D eigenvalue weighted by Crippen LogP contribution is -2.51. The van der Waals surface area contributed by atoms with Gasteiger partial charge in [0.2, 0.25) is 5.91 Å². The number of aliphatic carboxylic acids is 3. The molecule has 0 saturated carbocycles. The number of carboxylic acids is 3. The first-order valence-electron chi connectivity index (χ1n) is 12.6. The number of amides is 4. The molecule has 0 radical (unpaired) electrons. The van der Waals surface area contributed by atoms with Crippen molar-refractivity contribution in [3.05, 3.63) is 66.0 Å². The number of carbonyl (C=O) groups is 6. The average molecular weight is 575 g/mol. The minimum Gasteiger partial charge on any atom is -0.481 e. The normalized spacial score (nSPS) is 11.9. The highest BCUT2D eigenvalue weighted by Gasteiger charge is 2.25. The van der Waals surface area contributed by atoms with Crippen LogP contribution in [0.5, 0.6) is 0 Å². The van der Waals surface area contributed by atoms with Gasteiger partial charge in [-0.15, -0.1) is 0 Å². The molecule has 220 valence electrons. The third-order valence-electron chi connectivity index (χ3n) is 5.83. The van der Waals surface area contributed by atoms with Crippen LogP contribution >= 0.6 is 0 Å². The van der Waals surface area contributed by atoms with E-state index in [2.05, 4.69) is 10.6 Å².